The van der Waals surface area contributed by atoms with Crippen LogP contribution in [0.4, 0.5) is 8.78 Å². The van der Waals surface area contributed by atoms with Gasteiger partial charge in [0.15, 0.2) is 0 Å². The molecule has 1 saturated heterocycles. The first-order valence-corrected chi connectivity index (χ1v) is 6.19. The van der Waals surface area contributed by atoms with Crippen molar-refractivity contribution in [3.8, 4) is 0 Å². The Labute approximate surface area is 106 Å². The van der Waals surface area contributed by atoms with Gasteiger partial charge in [-0.05, 0) is 31.7 Å². The highest BCUT2D eigenvalue weighted by molar-refractivity contribution is 5.22. The largest absolute Gasteiger partial charge is 0.324 e. The summed E-state index contributed by atoms with van der Waals surface area (Å²) < 4.78 is 26.7. The molecule has 0 bridgehead atoms. The van der Waals surface area contributed by atoms with Gasteiger partial charge in [-0.2, -0.15) is 0 Å². The molecule has 0 aliphatic carbocycles. The first-order chi connectivity index (χ1) is 8.58. The Morgan fingerprint density at radius 3 is 3.00 bits per heavy atom. The van der Waals surface area contributed by atoms with Crippen LogP contribution < -0.4 is 11.1 Å². The van der Waals surface area contributed by atoms with Crippen LogP contribution in [0.1, 0.15) is 18.0 Å². The van der Waals surface area contributed by atoms with Crippen LogP contribution >= 0.6 is 0 Å². The number of halogens is 2. The number of piperazine rings is 1. The molecule has 2 unspecified atom stereocenters. The van der Waals surface area contributed by atoms with Gasteiger partial charge in [-0.25, -0.2) is 8.78 Å². The molecule has 0 radical (unpaired) electrons. The van der Waals surface area contributed by atoms with E-state index in [9.17, 15) is 8.78 Å². The number of nitrogens with zero attached hydrogens (tertiary/aromatic N) is 1. The average molecular weight is 255 g/mol. The van der Waals surface area contributed by atoms with Crippen molar-refractivity contribution in [3.05, 3.63) is 35.4 Å². The fourth-order valence-corrected chi connectivity index (χ4v) is 2.34. The number of nitrogens with one attached hydrogen (secondary N) is 1. The van der Waals surface area contributed by atoms with Gasteiger partial charge in [0.25, 0.3) is 0 Å². The van der Waals surface area contributed by atoms with Crippen molar-refractivity contribution in [3.63, 3.8) is 0 Å². The number of likely N-dealkylation sites (N-methyl/N-ethyl adjacent to an activating group) is 1. The third-order valence-electron chi connectivity index (χ3n) is 3.53. The van der Waals surface area contributed by atoms with Crippen LogP contribution in [0.3, 0.4) is 0 Å². The Balaban J connectivity index is 2.06. The maximum Gasteiger partial charge on any atom is 0.128 e. The van der Waals surface area contributed by atoms with Crippen LogP contribution in [0.5, 0.6) is 0 Å². The van der Waals surface area contributed by atoms with E-state index in [2.05, 4.69) is 10.2 Å². The van der Waals surface area contributed by atoms with Gasteiger partial charge in [-0.3, -0.25) is 0 Å². The molecular formula is C13H19F2N3. The molecule has 1 aromatic rings. The van der Waals surface area contributed by atoms with Crippen LogP contribution in [-0.4, -0.2) is 37.6 Å². The highest BCUT2D eigenvalue weighted by Crippen LogP contribution is 2.22. The Morgan fingerprint density at radius 2 is 2.28 bits per heavy atom. The van der Waals surface area contributed by atoms with E-state index in [0.717, 1.165) is 31.8 Å². The van der Waals surface area contributed by atoms with Crippen LogP contribution in [0, 0.1) is 11.6 Å². The predicted octanol–water partition coefficient (Wildman–Crippen LogP) is 1.26. The number of hydrogen-bond donors (Lipinski definition) is 2. The molecular weight excluding hydrogens is 236 g/mol. The molecule has 0 saturated carbocycles. The van der Waals surface area contributed by atoms with Crippen molar-refractivity contribution >= 4 is 0 Å². The number of rotatable bonds is 3. The summed E-state index contributed by atoms with van der Waals surface area (Å²) >= 11 is 0. The SMILES string of the molecule is CN1CCNCC1CC(N)c1cc(F)ccc1F. The van der Waals surface area contributed by atoms with Gasteiger partial charge in [-0.1, -0.05) is 0 Å². The molecule has 1 aromatic carbocycles. The van der Waals surface area contributed by atoms with E-state index in [4.69, 9.17) is 5.73 Å². The van der Waals surface area contributed by atoms with Crippen molar-refractivity contribution in [2.75, 3.05) is 26.7 Å². The minimum atomic E-state index is -0.479. The summed E-state index contributed by atoms with van der Waals surface area (Å²) in [7, 11) is 2.03. The maximum absolute atomic E-state index is 13.6. The van der Waals surface area contributed by atoms with Gasteiger partial charge in [0.05, 0.1) is 0 Å². The van der Waals surface area contributed by atoms with Gasteiger partial charge in [-0.15, -0.1) is 0 Å². The topological polar surface area (TPSA) is 41.3 Å². The van der Waals surface area contributed by atoms with Gasteiger partial charge in [0, 0.05) is 37.3 Å². The molecule has 3 nitrogen and oxygen atoms in total. The lowest BCUT2D eigenvalue weighted by Crippen LogP contribution is -2.50. The number of benzene rings is 1. The molecule has 1 aliphatic rings. The molecule has 1 fully saturated rings. The average Bonchev–Trinajstić information content (AvgIpc) is 2.35. The highest BCUT2D eigenvalue weighted by Gasteiger charge is 2.23. The van der Waals surface area contributed by atoms with Crippen LogP contribution in [0.25, 0.3) is 0 Å². The monoisotopic (exact) mass is 255 g/mol. The molecule has 1 aliphatic heterocycles. The van der Waals surface area contributed by atoms with Crippen LogP contribution in [0.2, 0.25) is 0 Å². The van der Waals surface area contributed by atoms with E-state index in [-0.39, 0.29) is 11.6 Å². The second-order valence-corrected chi connectivity index (χ2v) is 4.85. The lowest BCUT2D eigenvalue weighted by Gasteiger charge is -2.34. The lowest BCUT2D eigenvalue weighted by atomic mass is 9.98. The van der Waals surface area contributed by atoms with Crippen LogP contribution in [-0.2, 0) is 0 Å². The molecule has 0 spiro atoms. The van der Waals surface area contributed by atoms with Crippen molar-refractivity contribution in [1.82, 2.24) is 10.2 Å². The first kappa shape index (κ1) is 13.4. The zero-order chi connectivity index (χ0) is 13.1. The Morgan fingerprint density at radius 1 is 1.50 bits per heavy atom. The van der Waals surface area contributed by atoms with E-state index < -0.39 is 17.7 Å². The van der Waals surface area contributed by atoms with Gasteiger partial charge in [0.1, 0.15) is 11.6 Å². The standard InChI is InChI=1S/C13H19F2N3/c1-18-5-4-17-8-10(18)7-13(16)11-6-9(14)2-3-12(11)15/h2-3,6,10,13,17H,4-5,7-8,16H2,1H3. The number of hydrogen-bond acceptors (Lipinski definition) is 3. The van der Waals surface area contributed by atoms with E-state index in [1.54, 1.807) is 0 Å². The van der Waals surface area contributed by atoms with Crippen molar-refractivity contribution in [2.24, 2.45) is 5.73 Å². The van der Waals surface area contributed by atoms with Crippen molar-refractivity contribution < 1.29 is 8.78 Å². The second-order valence-electron chi connectivity index (χ2n) is 4.85. The molecule has 0 amide bonds. The minimum Gasteiger partial charge on any atom is -0.324 e. The van der Waals surface area contributed by atoms with E-state index in [1.165, 1.54) is 6.07 Å². The summed E-state index contributed by atoms with van der Waals surface area (Å²) in [5.74, 6) is -0.882. The van der Waals surface area contributed by atoms with E-state index in [1.807, 2.05) is 7.05 Å². The Hall–Kier alpha value is -1.04. The van der Waals surface area contributed by atoms with E-state index >= 15 is 0 Å². The summed E-state index contributed by atoms with van der Waals surface area (Å²) in [6, 6.07) is 3.22. The highest BCUT2D eigenvalue weighted by atomic mass is 19.1. The fourth-order valence-electron chi connectivity index (χ4n) is 2.34. The fraction of sp³-hybridized carbons (Fsp3) is 0.538. The third kappa shape index (κ3) is 3.04. The molecule has 2 rings (SSSR count). The molecule has 5 heteroatoms. The van der Waals surface area contributed by atoms with Gasteiger partial charge >= 0.3 is 0 Å². The second kappa shape index (κ2) is 5.73. The van der Waals surface area contributed by atoms with Crippen molar-refractivity contribution in [2.45, 2.75) is 18.5 Å². The summed E-state index contributed by atoms with van der Waals surface area (Å²) in [5, 5.41) is 3.28. The predicted molar refractivity (Wildman–Crippen MR) is 67.2 cm³/mol. The van der Waals surface area contributed by atoms with Gasteiger partial charge < -0.3 is 16.0 Å². The molecule has 2 atom stereocenters. The van der Waals surface area contributed by atoms with Crippen LogP contribution in [0.15, 0.2) is 18.2 Å². The van der Waals surface area contributed by atoms with E-state index in [0.29, 0.717) is 6.42 Å². The summed E-state index contributed by atoms with van der Waals surface area (Å²) in [4.78, 5) is 2.20. The normalized spacial score (nSPS) is 23.0. The molecule has 3 N–H and O–H groups in total. The summed E-state index contributed by atoms with van der Waals surface area (Å²) in [6.45, 7) is 2.74. The quantitative estimate of drug-likeness (QED) is 0.854. The Bertz CT molecular complexity index is 411. The van der Waals surface area contributed by atoms with Crippen molar-refractivity contribution in [1.29, 1.82) is 0 Å². The Kier molecular flexibility index (Phi) is 4.27. The number of nitrogens with two attached hydrogens (primary N) is 1. The first-order valence-electron chi connectivity index (χ1n) is 6.19. The summed E-state index contributed by atoms with van der Waals surface area (Å²) in [5.41, 5.74) is 6.25. The smallest absolute Gasteiger partial charge is 0.128 e. The lowest BCUT2D eigenvalue weighted by molar-refractivity contribution is 0.182. The molecule has 18 heavy (non-hydrogen) atoms. The zero-order valence-electron chi connectivity index (χ0n) is 10.5. The summed E-state index contributed by atoms with van der Waals surface area (Å²) in [6.07, 6.45) is 0.615. The third-order valence-corrected chi connectivity index (χ3v) is 3.53. The maximum atomic E-state index is 13.6. The molecule has 0 aromatic heterocycles. The minimum absolute atomic E-state index is 0.258. The zero-order valence-corrected chi connectivity index (χ0v) is 10.5. The van der Waals surface area contributed by atoms with Gasteiger partial charge in [0.2, 0.25) is 0 Å². The molecule has 100 valence electrons. The molecule has 1 heterocycles.